The van der Waals surface area contributed by atoms with Crippen LogP contribution in [0.4, 0.5) is 4.79 Å². The molecule has 1 rings (SSSR count). The summed E-state index contributed by atoms with van der Waals surface area (Å²) in [7, 11) is 0. The van der Waals surface area contributed by atoms with Crippen LogP contribution in [0.5, 0.6) is 0 Å². The van der Waals surface area contributed by atoms with Crippen LogP contribution in [0.3, 0.4) is 0 Å². The van der Waals surface area contributed by atoms with Crippen LogP contribution < -0.4 is 5.32 Å². The summed E-state index contributed by atoms with van der Waals surface area (Å²) in [6, 6.07) is -0.131. The van der Waals surface area contributed by atoms with Crippen molar-refractivity contribution in [3.8, 4) is 0 Å². The molecule has 0 aromatic carbocycles. The second-order valence-corrected chi connectivity index (χ2v) is 6.46. The highest BCUT2D eigenvalue weighted by Crippen LogP contribution is 2.34. The lowest BCUT2D eigenvalue weighted by atomic mass is 9.74. The maximum Gasteiger partial charge on any atom is 0.317 e. The van der Waals surface area contributed by atoms with Crippen molar-refractivity contribution in [1.29, 1.82) is 0 Å². The van der Waals surface area contributed by atoms with Crippen molar-refractivity contribution in [3.05, 3.63) is 0 Å². The lowest BCUT2D eigenvalue weighted by Gasteiger charge is -2.39. The lowest BCUT2D eigenvalue weighted by molar-refractivity contribution is -0.151. The van der Waals surface area contributed by atoms with Crippen LogP contribution in [-0.2, 0) is 9.53 Å². The summed E-state index contributed by atoms with van der Waals surface area (Å²) in [5, 5.41) is 12.1. The van der Waals surface area contributed by atoms with Crippen LogP contribution in [0.2, 0.25) is 0 Å². The Kier molecular flexibility index (Phi) is 6.45. The van der Waals surface area contributed by atoms with Crippen LogP contribution >= 0.6 is 0 Å². The molecule has 21 heavy (non-hydrogen) atoms. The molecule has 1 aliphatic heterocycles. The van der Waals surface area contributed by atoms with E-state index in [0.29, 0.717) is 26.2 Å². The second-order valence-electron chi connectivity index (χ2n) is 6.46. The summed E-state index contributed by atoms with van der Waals surface area (Å²) in [4.78, 5) is 25.1. The number of carbonyl (C=O) groups excluding carboxylic acids is 1. The Labute approximate surface area is 126 Å². The molecule has 122 valence electrons. The minimum absolute atomic E-state index is 0.0126. The van der Waals surface area contributed by atoms with Gasteiger partial charge in [0.2, 0.25) is 0 Å². The number of hydrogen-bond acceptors (Lipinski definition) is 3. The number of rotatable bonds is 6. The Morgan fingerprint density at radius 3 is 2.67 bits per heavy atom. The summed E-state index contributed by atoms with van der Waals surface area (Å²) >= 11 is 0. The molecule has 2 N–H and O–H groups in total. The number of nitrogens with zero attached hydrogens (tertiary/aromatic N) is 1. The van der Waals surface area contributed by atoms with E-state index in [0.717, 1.165) is 12.8 Å². The van der Waals surface area contributed by atoms with Gasteiger partial charge in [0.1, 0.15) is 0 Å². The van der Waals surface area contributed by atoms with Gasteiger partial charge in [-0.05, 0) is 46.5 Å². The first-order valence-corrected chi connectivity index (χ1v) is 7.63. The monoisotopic (exact) mass is 300 g/mol. The van der Waals surface area contributed by atoms with Gasteiger partial charge in [0, 0.05) is 19.6 Å². The predicted molar refractivity (Wildman–Crippen MR) is 80.2 cm³/mol. The smallest absolute Gasteiger partial charge is 0.317 e. The van der Waals surface area contributed by atoms with E-state index >= 15 is 0 Å². The predicted octanol–water partition coefficient (Wildman–Crippen LogP) is 1.94. The fourth-order valence-electron chi connectivity index (χ4n) is 2.49. The molecule has 1 saturated heterocycles. The Bertz CT molecular complexity index is 369. The zero-order valence-corrected chi connectivity index (χ0v) is 13.5. The minimum Gasteiger partial charge on any atom is -0.481 e. The third-order valence-corrected chi connectivity index (χ3v) is 4.11. The number of hydrogen-bond donors (Lipinski definition) is 2. The third kappa shape index (κ3) is 5.19. The number of likely N-dealkylation sites (tertiary alicyclic amines) is 1. The zero-order valence-electron chi connectivity index (χ0n) is 13.5. The van der Waals surface area contributed by atoms with Crippen molar-refractivity contribution in [3.63, 3.8) is 0 Å². The standard InChI is InChI=1S/C15H28N2O4/c1-11(2)21-9-7-16-14(20)17-8-5-6-12(10-17)15(3,4)13(18)19/h11-12H,5-10H2,1-4H3,(H,16,20)(H,18,19). The number of ether oxygens (including phenoxy) is 1. The molecule has 0 aliphatic carbocycles. The van der Waals surface area contributed by atoms with E-state index in [4.69, 9.17) is 4.74 Å². The summed E-state index contributed by atoms with van der Waals surface area (Å²) in [5.41, 5.74) is -0.806. The molecule has 1 fully saturated rings. The Morgan fingerprint density at radius 1 is 1.43 bits per heavy atom. The van der Waals surface area contributed by atoms with Crippen LogP contribution in [-0.4, -0.2) is 54.4 Å². The van der Waals surface area contributed by atoms with Crippen molar-refractivity contribution < 1.29 is 19.4 Å². The highest BCUT2D eigenvalue weighted by atomic mass is 16.5. The fourth-order valence-corrected chi connectivity index (χ4v) is 2.49. The molecule has 1 aliphatic rings. The minimum atomic E-state index is -0.806. The van der Waals surface area contributed by atoms with Crippen molar-refractivity contribution >= 4 is 12.0 Å². The van der Waals surface area contributed by atoms with Gasteiger partial charge in [-0.2, -0.15) is 0 Å². The molecular weight excluding hydrogens is 272 g/mol. The number of amides is 2. The molecule has 1 unspecified atom stereocenters. The average Bonchev–Trinajstić information content (AvgIpc) is 2.43. The van der Waals surface area contributed by atoms with Gasteiger partial charge in [0.15, 0.2) is 0 Å². The Balaban J connectivity index is 2.45. The number of carbonyl (C=O) groups is 2. The summed E-state index contributed by atoms with van der Waals surface area (Å²) in [5.74, 6) is -0.818. The number of nitrogens with one attached hydrogen (secondary N) is 1. The second kappa shape index (κ2) is 7.64. The van der Waals surface area contributed by atoms with Crippen molar-refractivity contribution in [2.75, 3.05) is 26.2 Å². The molecule has 6 heteroatoms. The maximum absolute atomic E-state index is 12.1. The molecule has 2 amide bonds. The topological polar surface area (TPSA) is 78.9 Å². The number of aliphatic carboxylic acids is 1. The Morgan fingerprint density at radius 2 is 2.10 bits per heavy atom. The number of piperidine rings is 1. The molecule has 6 nitrogen and oxygen atoms in total. The third-order valence-electron chi connectivity index (χ3n) is 4.11. The van der Waals surface area contributed by atoms with Gasteiger partial charge in [-0.3, -0.25) is 4.79 Å². The molecule has 0 radical (unpaired) electrons. The largest absolute Gasteiger partial charge is 0.481 e. The van der Waals surface area contributed by atoms with E-state index in [1.807, 2.05) is 13.8 Å². The summed E-state index contributed by atoms with van der Waals surface area (Å²) < 4.78 is 5.38. The van der Waals surface area contributed by atoms with Crippen molar-refractivity contribution in [2.45, 2.75) is 46.6 Å². The van der Waals surface area contributed by atoms with Gasteiger partial charge < -0.3 is 20.1 Å². The molecule has 0 spiro atoms. The first-order chi connectivity index (χ1) is 9.75. The Hall–Kier alpha value is -1.30. The SMILES string of the molecule is CC(C)OCCNC(=O)N1CCCC(C(C)(C)C(=O)O)C1. The zero-order chi connectivity index (χ0) is 16.0. The van der Waals surface area contributed by atoms with E-state index in [-0.39, 0.29) is 18.1 Å². The fraction of sp³-hybridized carbons (Fsp3) is 0.867. The average molecular weight is 300 g/mol. The highest BCUT2D eigenvalue weighted by molar-refractivity contribution is 5.76. The quantitative estimate of drug-likeness (QED) is 0.735. The number of carboxylic acid groups (broad SMARTS) is 1. The molecule has 0 aromatic heterocycles. The van der Waals surface area contributed by atoms with Gasteiger partial charge in [-0.15, -0.1) is 0 Å². The van der Waals surface area contributed by atoms with Crippen LogP contribution in [0.1, 0.15) is 40.5 Å². The molecule has 0 aromatic rings. The van der Waals surface area contributed by atoms with Gasteiger partial charge in [0.05, 0.1) is 18.1 Å². The first kappa shape index (κ1) is 17.8. The van der Waals surface area contributed by atoms with E-state index in [1.54, 1.807) is 18.7 Å². The molecular formula is C15H28N2O4. The van der Waals surface area contributed by atoms with E-state index in [1.165, 1.54) is 0 Å². The van der Waals surface area contributed by atoms with Crippen LogP contribution in [0.15, 0.2) is 0 Å². The van der Waals surface area contributed by atoms with E-state index < -0.39 is 11.4 Å². The lowest BCUT2D eigenvalue weighted by Crippen LogP contribution is -2.50. The molecule has 0 saturated carbocycles. The summed E-state index contributed by atoms with van der Waals surface area (Å²) in [6.07, 6.45) is 1.84. The number of carboxylic acids is 1. The first-order valence-electron chi connectivity index (χ1n) is 7.63. The van der Waals surface area contributed by atoms with Crippen molar-refractivity contribution in [2.24, 2.45) is 11.3 Å². The van der Waals surface area contributed by atoms with Crippen LogP contribution in [0, 0.1) is 11.3 Å². The van der Waals surface area contributed by atoms with Gasteiger partial charge in [-0.25, -0.2) is 4.79 Å². The highest BCUT2D eigenvalue weighted by Gasteiger charge is 2.39. The normalized spacial score (nSPS) is 19.7. The van der Waals surface area contributed by atoms with Crippen molar-refractivity contribution in [1.82, 2.24) is 10.2 Å². The molecule has 1 atom stereocenters. The summed E-state index contributed by atoms with van der Waals surface area (Å²) in [6.45, 7) is 9.51. The van der Waals surface area contributed by atoms with E-state index in [9.17, 15) is 14.7 Å². The molecule has 0 bridgehead atoms. The van der Waals surface area contributed by atoms with Gasteiger partial charge >= 0.3 is 12.0 Å². The molecule has 1 heterocycles. The number of urea groups is 1. The van der Waals surface area contributed by atoms with Gasteiger partial charge in [0.25, 0.3) is 0 Å². The van der Waals surface area contributed by atoms with E-state index in [2.05, 4.69) is 5.32 Å². The van der Waals surface area contributed by atoms with Gasteiger partial charge in [-0.1, -0.05) is 0 Å². The van der Waals surface area contributed by atoms with Crippen LogP contribution in [0.25, 0.3) is 0 Å². The maximum atomic E-state index is 12.1.